The van der Waals surface area contributed by atoms with Crippen LogP contribution in [0.1, 0.15) is 29.0 Å². The molecule has 2 aliphatic rings. The van der Waals surface area contributed by atoms with Crippen molar-refractivity contribution in [3.63, 3.8) is 0 Å². The molecule has 0 spiro atoms. The van der Waals surface area contributed by atoms with Gasteiger partial charge in [-0.3, -0.25) is 0 Å². The Labute approximate surface area is 161 Å². The number of aryl methyl sites for hydroxylation is 1. The van der Waals surface area contributed by atoms with Gasteiger partial charge in [-0.25, -0.2) is 0 Å². The first-order valence-corrected chi connectivity index (χ1v) is 11.3. The number of rotatable bonds is 1. The second kappa shape index (κ2) is 6.04. The zero-order valence-corrected chi connectivity index (χ0v) is 16.1. The lowest BCUT2D eigenvalue weighted by molar-refractivity contribution is 0.642. The molecule has 4 aromatic rings. The average molecular weight is 364 g/mol. The molecular weight excluding hydrogens is 343 g/mol. The molecule has 0 aromatic heterocycles. The lowest BCUT2D eigenvalue weighted by atomic mass is 9.77. The Morgan fingerprint density at radius 1 is 0.704 bits per heavy atom. The summed E-state index contributed by atoms with van der Waals surface area (Å²) in [6.45, 7) is 0. The van der Waals surface area contributed by atoms with Crippen molar-refractivity contribution in [1.82, 2.24) is 0 Å². The minimum atomic E-state index is -0.311. The largest absolute Gasteiger partial charge is 0.0622 e. The van der Waals surface area contributed by atoms with E-state index in [0.717, 1.165) is 5.66 Å². The van der Waals surface area contributed by atoms with Crippen molar-refractivity contribution in [2.75, 3.05) is 0 Å². The zero-order valence-electron chi connectivity index (χ0n) is 15.2. The van der Waals surface area contributed by atoms with Crippen LogP contribution in [0.15, 0.2) is 91.0 Å². The van der Waals surface area contributed by atoms with Crippen LogP contribution in [-0.2, 0) is 6.42 Å². The Morgan fingerprint density at radius 2 is 1.48 bits per heavy atom. The molecule has 27 heavy (non-hydrogen) atoms. The van der Waals surface area contributed by atoms with Gasteiger partial charge < -0.3 is 0 Å². The molecule has 3 atom stereocenters. The van der Waals surface area contributed by atoms with Gasteiger partial charge in [-0.1, -0.05) is 91.0 Å². The number of fused-ring (bicyclic) bond motifs is 7. The highest BCUT2D eigenvalue weighted by molar-refractivity contribution is 7.74. The summed E-state index contributed by atoms with van der Waals surface area (Å²) in [5.74, 6) is 0.544. The first-order valence-electron chi connectivity index (χ1n) is 9.85. The van der Waals surface area contributed by atoms with Gasteiger partial charge in [0.15, 0.2) is 0 Å². The highest BCUT2D eigenvalue weighted by atomic mass is 31.1. The van der Waals surface area contributed by atoms with Crippen LogP contribution in [0.4, 0.5) is 0 Å². The first kappa shape index (κ1) is 15.6. The summed E-state index contributed by atoms with van der Waals surface area (Å²) in [4.78, 5) is 0. The van der Waals surface area contributed by atoms with E-state index in [9.17, 15) is 0 Å². The average Bonchev–Trinajstić information content (AvgIpc) is 3.09. The van der Waals surface area contributed by atoms with Crippen molar-refractivity contribution in [2.45, 2.75) is 24.4 Å². The van der Waals surface area contributed by atoms with E-state index in [1.54, 1.807) is 22.0 Å². The summed E-state index contributed by atoms with van der Waals surface area (Å²) < 4.78 is 0. The maximum absolute atomic E-state index is 2.44. The van der Waals surface area contributed by atoms with E-state index < -0.39 is 0 Å². The van der Waals surface area contributed by atoms with Gasteiger partial charge in [0.25, 0.3) is 0 Å². The second-order valence-electron chi connectivity index (χ2n) is 7.71. The highest BCUT2D eigenvalue weighted by Crippen LogP contribution is 2.60. The Balaban J connectivity index is 1.68. The fourth-order valence-corrected chi connectivity index (χ4v) is 8.55. The van der Waals surface area contributed by atoms with Crippen LogP contribution in [0, 0.1) is 0 Å². The lowest BCUT2D eigenvalue weighted by Gasteiger charge is -2.32. The van der Waals surface area contributed by atoms with Crippen LogP contribution in [0.5, 0.6) is 0 Å². The molecule has 0 fully saturated rings. The Hall–Kier alpha value is -2.43. The number of hydrogen-bond donors (Lipinski definition) is 0. The van der Waals surface area contributed by atoms with Gasteiger partial charge in [0.05, 0.1) is 0 Å². The molecule has 1 aliphatic carbocycles. The molecule has 0 saturated heterocycles. The molecule has 1 heteroatoms. The van der Waals surface area contributed by atoms with Gasteiger partial charge in [-0.05, 0) is 64.5 Å². The molecule has 0 saturated carbocycles. The third kappa shape index (κ3) is 2.27. The summed E-state index contributed by atoms with van der Waals surface area (Å²) in [5.41, 5.74) is 5.47. The molecule has 0 bridgehead atoms. The molecule has 1 aliphatic heterocycles. The van der Waals surface area contributed by atoms with Crippen LogP contribution in [0.2, 0.25) is 0 Å². The third-order valence-electron chi connectivity index (χ3n) is 6.37. The van der Waals surface area contributed by atoms with Crippen molar-refractivity contribution in [1.29, 1.82) is 0 Å². The van der Waals surface area contributed by atoms with Crippen molar-refractivity contribution in [3.05, 3.63) is 108 Å². The quantitative estimate of drug-likeness (QED) is 0.378. The molecule has 3 unspecified atom stereocenters. The molecule has 4 aromatic carbocycles. The van der Waals surface area contributed by atoms with E-state index >= 15 is 0 Å². The monoisotopic (exact) mass is 364 g/mol. The summed E-state index contributed by atoms with van der Waals surface area (Å²) in [5, 5.41) is 5.99. The zero-order chi connectivity index (χ0) is 17.8. The predicted octanol–water partition coefficient (Wildman–Crippen LogP) is 5.73. The fraction of sp³-hybridized carbons (Fsp3) is 0.154. The van der Waals surface area contributed by atoms with Crippen LogP contribution in [-0.4, -0.2) is 5.66 Å². The maximum atomic E-state index is 2.44. The van der Waals surface area contributed by atoms with Crippen LogP contribution >= 0.6 is 7.92 Å². The van der Waals surface area contributed by atoms with Gasteiger partial charge in [0.1, 0.15) is 0 Å². The fourth-order valence-electron chi connectivity index (χ4n) is 5.29. The summed E-state index contributed by atoms with van der Waals surface area (Å²) >= 11 is 0. The Kier molecular flexibility index (Phi) is 3.49. The van der Waals surface area contributed by atoms with Crippen molar-refractivity contribution < 1.29 is 0 Å². The van der Waals surface area contributed by atoms with Gasteiger partial charge in [0, 0.05) is 5.92 Å². The van der Waals surface area contributed by atoms with Crippen molar-refractivity contribution >= 4 is 29.3 Å². The van der Waals surface area contributed by atoms with E-state index in [4.69, 9.17) is 0 Å². The standard InChI is InChI=1S/C26H21P/c1-2-10-20(11-3-1)27-23-16-14-18-8-4-6-12-21(18)25(23)26-22-13-7-5-9-19(22)15-17-24(26)27/h1-14,16,24,26H,15,17H2. The van der Waals surface area contributed by atoms with Gasteiger partial charge in [-0.15, -0.1) is 0 Å². The lowest BCUT2D eigenvalue weighted by Crippen LogP contribution is -2.23. The normalized spacial score (nSPS) is 22.9. The van der Waals surface area contributed by atoms with Crippen molar-refractivity contribution in [2.24, 2.45) is 0 Å². The van der Waals surface area contributed by atoms with Gasteiger partial charge in [0.2, 0.25) is 0 Å². The first-order chi connectivity index (χ1) is 13.4. The van der Waals surface area contributed by atoms with E-state index in [1.807, 2.05) is 0 Å². The molecule has 130 valence electrons. The van der Waals surface area contributed by atoms with E-state index in [-0.39, 0.29) is 7.92 Å². The highest BCUT2D eigenvalue weighted by Gasteiger charge is 2.45. The molecule has 6 rings (SSSR count). The Bertz CT molecular complexity index is 1150. The predicted molar refractivity (Wildman–Crippen MR) is 117 cm³/mol. The summed E-state index contributed by atoms with van der Waals surface area (Å²) in [6, 6.07) is 34.2. The number of hydrogen-bond acceptors (Lipinski definition) is 0. The third-order valence-corrected chi connectivity index (χ3v) is 9.35. The van der Waals surface area contributed by atoms with Gasteiger partial charge in [-0.2, -0.15) is 0 Å². The van der Waals surface area contributed by atoms with Gasteiger partial charge >= 0.3 is 0 Å². The van der Waals surface area contributed by atoms with Crippen LogP contribution < -0.4 is 10.6 Å². The molecule has 1 heterocycles. The Morgan fingerprint density at radius 3 is 2.41 bits per heavy atom. The molecule has 0 radical (unpaired) electrons. The molecule has 0 N–H and O–H groups in total. The summed E-state index contributed by atoms with van der Waals surface area (Å²) in [7, 11) is -0.311. The van der Waals surface area contributed by atoms with Crippen molar-refractivity contribution in [3.8, 4) is 0 Å². The minimum absolute atomic E-state index is 0.311. The van der Waals surface area contributed by atoms with E-state index in [2.05, 4.69) is 91.0 Å². The van der Waals surface area contributed by atoms with Crippen LogP contribution in [0.3, 0.4) is 0 Å². The minimum Gasteiger partial charge on any atom is -0.0622 e. The molecule has 0 amide bonds. The topological polar surface area (TPSA) is 0 Å². The van der Waals surface area contributed by atoms with Crippen LogP contribution in [0.25, 0.3) is 10.8 Å². The molecule has 0 nitrogen and oxygen atoms in total. The smallest absolute Gasteiger partial charge is 0.0178 e. The second-order valence-corrected chi connectivity index (χ2v) is 10.1. The number of benzene rings is 4. The van der Waals surface area contributed by atoms with E-state index in [1.165, 1.54) is 28.9 Å². The SMILES string of the molecule is c1ccc(P2c3ccc4ccccc4c3C3c4ccccc4CCC32)cc1. The molecular formula is C26H21P. The summed E-state index contributed by atoms with van der Waals surface area (Å²) in [6.07, 6.45) is 2.51. The maximum Gasteiger partial charge on any atom is 0.0178 e. The van der Waals surface area contributed by atoms with E-state index in [0.29, 0.717) is 5.92 Å².